The third kappa shape index (κ3) is 3.40. The number of hydrogen-bond acceptors (Lipinski definition) is 5. The number of amides is 4. The molecular weight excluding hydrogens is 371 g/mol. The van der Waals surface area contributed by atoms with Crippen molar-refractivity contribution in [2.75, 3.05) is 13.1 Å². The van der Waals surface area contributed by atoms with Crippen molar-refractivity contribution in [3.63, 3.8) is 0 Å². The van der Waals surface area contributed by atoms with Gasteiger partial charge in [-0.3, -0.25) is 9.59 Å². The van der Waals surface area contributed by atoms with Gasteiger partial charge >= 0.3 is 11.3 Å². The van der Waals surface area contributed by atoms with Gasteiger partial charge in [0, 0.05) is 24.7 Å². The molecule has 0 bridgehead atoms. The van der Waals surface area contributed by atoms with Crippen LogP contribution in [0, 0.1) is 5.82 Å². The smallest absolute Gasteiger partial charge is 0.334 e. The van der Waals surface area contributed by atoms with Gasteiger partial charge in [0.05, 0.1) is 4.91 Å². The molecule has 6 nitrogen and oxygen atoms in total. The van der Waals surface area contributed by atoms with E-state index >= 15 is 0 Å². The Balaban J connectivity index is 1.54. The Hall–Kier alpha value is -2.87. The molecule has 0 unspecified atom stereocenters. The molecule has 1 aromatic heterocycles. The number of imide groups is 3. The molecule has 2 aliphatic rings. The topological polar surface area (TPSA) is 70.8 Å². The second-order valence-corrected chi connectivity index (χ2v) is 7.20. The van der Waals surface area contributed by atoms with E-state index in [1.807, 2.05) is 0 Å². The van der Waals surface area contributed by atoms with Gasteiger partial charge in [-0.25, -0.2) is 9.18 Å². The highest BCUT2D eigenvalue weighted by Gasteiger charge is 2.42. The van der Waals surface area contributed by atoms with Crippen molar-refractivity contribution in [2.24, 2.45) is 0 Å². The Kier molecular flexibility index (Phi) is 4.57. The summed E-state index contributed by atoms with van der Waals surface area (Å²) >= 11 is 0.712. The van der Waals surface area contributed by atoms with Gasteiger partial charge < -0.3 is 9.32 Å². The number of benzene rings is 1. The third-order valence-electron chi connectivity index (χ3n) is 4.39. The molecule has 0 radical (unpaired) electrons. The monoisotopic (exact) mass is 386 g/mol. The second-order valence-electron chi connectivity index (χ2n) is 6.20. The maximum Gasteiger partial charge on any atom is 0.334 e. The molecule has 0 atom stereocenters. The lowest BCUT2D eigenvalue weighted by Gasteiger charge is -2.19. The molecule has 2 aromatic rings. The first-order valence-corrected chi connectivity index (χ1v) is 9.27. The first kappa shape index (κ1) is 17.5. The number of nitrogens with zero attached hydrogens (tertiary/aromatic N) is 2. The molecule has 4 rings (SSSR count). The van der Waals surface area contributed by atoms with E-state index in [1.165, 1.54) is 23.1 Å². The minimum absolute atomic E-state index is 0.132. The molecular formula is C19H15FN2O4S. The van der Waals surface area contributed by atoms with E-state index in [0.717, 1.165) is 12.8 Å². The molecule has 0 saturated carbocycles. The van der Waals surface area contributed by atoms with Gasteiger partial charge in [0.1, 0.15) is 17.3 Å². The lowest BCUT2D eigenvalue weighted by molar-refractivity contribution is -0.121. The van der Waals surface area contributed by atoms with Crippen LogP contribution < -0.4 is 0 Å². The van der Waals surface area contributed by atoms with Crippen LogP contribution in [0.2, 0.25) is 0 Å². The summed E-state index contributed by atoms with van der Waals surface area (Å²) in [5.41, 5.74) is 0.688. The number of halogens is 1. The molecule has 4 amide bonds. The zero-order valence-corrected chi connectivity index (χ0v) is 15.0. The van der Waals surface area contributed by atoms with Gasteiger partial charge in [0.15, 0.2) is 0 Å². The molecule has 3 heterocycles. The summed E-state index contributed by atoms with van der Waals surface area (Å²) in [4.78, 5) is 39.4. The molecule has 2 aliphatic heterocycles. The van der Waals surface area contributed by atoms with Gasteiger partial charge in [-0.15, -0.1) is 0 Å². The van der Waals surface area contributed by atoms with Gasteiger partial charge in [0.25, 0.3) is 5.91 Å². The summed E-state index contributed by atoms with van der Waals surface area (Å²) in [6, 6.07) is 8.60. The maximum atomic E-state index is 13.0. The van der Waals surface area contributed by atoms with Crippen LogP contribution in [0.5, 0.6) is 0 Å². The van der Waals surface area contributed by atoms with Crippen LogP contribution in [-0.2, 0) is 4.79 Å². The number of hydrogen-bond donors (Lipinski definition) is 0. The van der Waals surface area contributed by atoms with Crippen LogP contribution in [0.15, 0.2) is 45.7 Å². The number of thioether (sulfide) groups is 1. The largest absolute Gasteiger partial charge is 0.457 e. The van der Waals surface area contributed by atoms with E-state index in [1.54, 1.807) is 24.3 Å². The number of likely N-dealkylation sites (tertiary alicyclic amines) is 1. The molecule has 138 valence electrons. The minimum Gasteiger partial charge on any atom is -0.457 e. The third-order valence-corrected chi connectivity index (χ3v) is 5.26. The number of carbonyl (C=O) groups excluding carboxylic acids is 3. The SMILES string of the molecule is O=C1SC(=Cc2ccc(-c3ccc(F)cc3)o2)C(=O)N1C(=O)N1CCCC1. The average molecular weight is 386 g/mol. The van der Waals surface area contributed by atoms with Crippen molar-refractivity contribution >= 4 is 35.0 Å². The van der Waals surface area contributed by atoms with Crippen LogP contribution in [0.4, 0.5) is 14.0 Å². The highest BCUT2D eigenvalue weighted by Crippen LogP contribution is 2.34. The van der Waals surface area contributed by atoms with E-state index < -0.39 is 17.2 Å². The van der Waals surface area contributed by atoms with Crippen molar-refractivity contribution in [3.05, 3.63) is 52.9 Å². The maximum absolute atomic E-state index is 13.0. The minimum atomic E-state index is -0.637. The predicted octanol–water partition coefficient (Wildman–Crippen LogP) is 4.34. The molecule has 8 heteroatoms. The quantitative estimate of drug-likeness (QED) is 0.718. The Morgan fingerprint density at radius 3 is 2.48 bits per heavy atom. The average Bonchev–Trinajstić information content (AvgIpc) is 3.38. The number of urea groups is 1. The van der Waals surface area contributed by atoms with Crippen LogP contribution in [0.25, 0.3) is 17.4 Å². The van der Waals surface area contributed by atoms with E-state index in [0.29, 0.717) is 46.8 Å². The van der Waals surface area contributed by atoms with Crippen molar-refractivity contribution in [3.8, 4) is 11.3 Å². The van der Waals surface area contributed by atoms with Crippen LogP contribution in [-0.4, -0.2) is 40.1 Å². The molecule has 27 heavy (non-hydrogen) atoms. The van der Waals surface area contributed by atoms with Crippen molar-refractivity contribution in [2.45, 2.75) is 12.8 Å². The van der Waals surface area contributed by atoms with Crippen LogP contribution in [0.3, 0.4) is 0 Å². The second kappa shape index (κ2) is 7.03. The molecule has 2 fully saturated rings. The first-order chi connectivity index (χ1) is 13.0. The fraction of sp³-hybridized carbons (Fsp3) is 0.211. The van der Waals surface area contributed by atoms with Gasteiger partial charge in [-0.05, 0) is 61.0 Å². The Labute approximate surface area is 158 Å². The van der Waals surface area contributed by atoms with E-state index in [9.17, 15) is 18.8 Å². The molecule has 1 aromatic carbocycles. The van der Waals surface area contributed by atoms with Crippen molar-refractivity contribution in [1.29, 1.82) is 0 Å². The van der Waals surface area contributed by atoms with Crippen LogP contribution >= 0.6 is 11.8 Å². The number of carbonyl (C=O) groups is 3. The van der Waals surface area contributed by atoms with E-state index in [4.69, 9.17) is 4.42 Å². The first-order valence-electron chi connectivity index (χ1n) is 8.45. The highest BCUT2D eigenvalue weighted by atomic mass is 32.2. The number of rotatable bonds is 2. The molecule has 0 spiro atoms. The van der Waals surface area contributed by atoms with Crippen LogP contribution in [0.1, 0.15) is 18.6 Å². The van der Waals surface area contributed by atoms with Gasteiger partial charge in [0.2, 0.25) is 0 Å². The standard InChI is InChI=1S/C19H15FN2O4S/c20-13-5-3-12(4-6-13)15-8-7-14(26-15)11-16-17(23)22(19(25)27-16)18(24)21-9-1-2-10-21/h3-8,11H,1-2,9-10H2. The Morgan fingerprint density at radius 2 is 1.78 bits per heavy atom. The highest BCUT2D eigenvalue weighted by molar-refractivity contribution is 8.18. The summed E-state index contributed by atoms with van der Waals surface area (Å²) in [5.74, 6) is -0.106. The summed E-state index contributed by atoms with van der Waals surface area (Å²) in [7, 11) is 0. The van der Waals surface area contributed by atoms with Crippen molar-refractivity contribution < 1.29 is 23.2 Å². The lowest BCUT2D eigenvalue weighted by Crippen LogP contribution is -2.44. The predicted molar refractivity (Wildman–Crippen MR) is 98.1 cm³/mol. The zero-order chi connectivity index (χ0) is 19.0. The van der Waals surface area contributed by atoms with Crippen molar-refractivity contribution in [1.82, 2.24) is 9.80 Å². The normalized spacial score (nSPS) is 18.8. The fourth-order valence-electron chi connectivity index (χ4n) is 3.01. The summed E-state index contributed by atoms with van der Waals surface area (Å²) < 4.78 is 18.7. The fourth-order valence-corrected chi connectivity index (χ4v) is 3.81. The Bertz CT molecular complexity index is 945. The Morgan fingerprint density at radius 1 is 1.07 bits per heavy atom. The summed E-state index contributed by atoms with van der Waals surface area (Å²) in [5, 5.41) is -0.603. The summed E-state index contributed by atoms with van der Waals surface area (Å²) in [6.07, 6.45) is 3.18. The van der Waals surface area contributed by atoms with E-state index in [2.05, 4.69) is 0 Å². The van der Waals surface area contributed by atoms with Gasteiger partial charge in [-0.2, -0.15) is 4.90 Å². The summed E-state index contributed by atoms with van der Waals surface area (Å²) in [6.45, 7) is 1.11. The van der Waals surface area contributed by atoms with E-state index in [-0.39, 0.29) is 10.7 Å². The lowest BCUT2D eigenvalue weighted by atomic mass is 10.2. The molecule has 0 N–H and O–H groups in total. The molecule has 2 saturated heterocycles. The van der Waals surface area contributed by atoms with Gasteiger partial charge in [-0.1, -0.05) is 0 Å². The zero-order valence-electron chi connectivity index (χ0n) is 14.2. The molecule has 0 aliphatic carbocycles. The number of furan rings is 1.